The molecule has 1 N–H and O–H groups in total. The minimum absolute atomic E-state index is 0.0172. The van der Waals surface area contributed by atoms with Crippen molar-refractivity contribution in [1.29, 1.82) is 0 Å². The highest BCUT2D eigenvalue weighted by atomic mass is 19.4. The number of hydrogen-bond acceptors (Lipinski definition) is 3. The van der Waals surface area contributed by atoms with Crippen molar-refractivity contribution in [2.75, 3.05) is 6.61 Å². The first kappa shape index (κ1) is 14.8. The second kappa shape index (κ2) is 5.40. The lowest BCUT2D eigenvalue weighted by molar-refractivity contribution is -0.141. The number of rotatable bonds is 3. The van der Waals surface area contributed by atoms with Gasteiger partial charge in [-0.05, 0) is 37.5 Å². The molecular formula is C13H15F3N2O2. The zero-order valence-electron chi connectivity index (χ0n) is 11.0. The summed E-state index contributed by atoms with van der Waals surface area (Å²) in [5.74, 6) is -0.305. The van der Waals surface area contributed by atoms with Gasteiger partial charge in [0.2, 0.25) is 0 Å². The van der Waals surface area contributed by atoms with E-state index in [1.54, 1.807) is 6.92 Å². The average molecular weight is 288 g/mol. The van der Waals surface area contributed by atoms with E-state index < -0.39 is 17.5 Å². The van der Waals surface area contributed by atoms with E-state index >= 15 is 0 Å². The maximum atomic E-state index is 12.5. The molecule has 0 aliphatic carbocycles. The molecule has 2 heterocycles. The molecule has 1 amide bonds. The maximum absolute atomic E-state index is 12.5. The molecule has 7 heteroatoms. The van der Waals surface area contributed by atoms with Crippen LogP contribution in [-0.4, -0.2) is 23.1 Å². The van der Waals surface area contributed by atoms with Gasteiger partial charge in [-0.25, -0.2) is 0 Å². The highest BCUT2D eigenvalue weighted by Crippen LogP contribution is 2.28. The van der Waals surface area contributed by atoms with Crippen LogP contribution in [0, 0.1) is 0 Å². The van der Waals surface area contributed by atoms with E-state index in [9.17, 15) is 18.0 Å². The number of ether oxygens (including phenoxy) is 1. The number of carbonyl (C=O) groups is 1. The van der Waals surface area contributed by atoms with E-state index in [0.29, 0.717) is 18.6 Å². The van der Waals surface area contributed by atoms with Crippen LogP contribution in [0.4, 0.5) is 13.2 Å². The predicted molar refractivity (Wildman–Crippen MR) is 64.7 cm³/mol. The molecule has 1 saturated heterocycles. The Morgan fingerprint density at radius 2 is 2.30 bits per heavy atom. The summed E-state index contributed by atoms with van der Waals surface area (Å²) in [4.78, 5) is 15.2. The Kier molecular flexibility index (Phi) is 3.99. The van der Waals surface area contributed by atoms with Crippen LogP contribution in [0.1, 0.15) is 31.0 Å². The van der Waals surface area contributed by atoms with Gasteiger partial charge in [-0.15, -0.1) is 0 Å². The van der Waals surface area contributed by atoms with Gasteiger partial charge in [-0.1, -0.05) is 0 Å². The van der Waals surface area contributed by atoms with Crippen molar-refractivity contribution >= 4 is 5.91 Å². The van der Waals surface area contributed by atoms with Crippen LogP contribution in [0.15, 0.2) is 18.3 Å². The van der Waals surface area contributed by atoms with Gasteiger partial charge >= 0.3 is 6.18 Å². The van der Waals surface area contributed by atoms with Gasteiger partial charge in [0.05, 0.1) is 0 Å². The van der Waals surface area contributed by atoms with Crippen molar-refractivity contribution in [2.45, 2.75) is 38.1 Å². The van der Waals surface area contributed by atoms with Crippen molar-refractivity contribution in [3.63, 3.8) is 0 Å². The molecule has 1 unspecified atom stereocenters. The highest BCUT2D eigenvalue weighted by molar-refractivity contribution is 5.84. The Labute approximate surface area is 114 Å². The molecule has 1 fully saturated rings. The monoisotopic (exact) mass is 288 g/mol. The van der Waals surface area contributed by atoms with Gasteiger partial charge in [-0.3, -0.25) is 9.78 Å². The van der Waals surface area contributed by atoms with Gasteiger partial charge in [0.25, 0.3) is 5.91 Å². The third kappa shape index (κ3) is 3.27. The second-order valence-corrected chi connectivity index (χ2v) is 4.91. The minimum atomic E-state index is -4.49. The molecular weight excluding hydrogens is 273 g/mol. The number of nitrogens with zero attached hydrogens (tertiary/aromatic N) is 1. The van der Waals surface area contributed by atoms with E-state index in [2.05, 4.69) is 10.3 Å². The molecule has 1 aliphatic heterocycles. The summed E-state index contributed by atoms with van der Waals surface area (Å²) in [5.41, 5.74) is -1.49. The molecule has 0 bridgehead atoms. The number of nitrogens with one attached hydrogen (secondary N) is 1. The van der Waals surface area contributed by atoms with Crippen LogP contribution in [0.25, 0.3) is 0 Å². The number of halogens is 3. The fourth-order valence-electron chi connectivity index (χ4n) is 2.07. The largest absolute Gasteiger partial charge is 0.433 e. The molecule has 4 nitrogen and oxygen atoms in total. The first-order chi connectivity index (χ1) is 9.31. The molecule has 1 aliphatic rings. The second-order valence-electron chi connectivity index (χ2n) is 4.91. The summed E-state index contributed by atoms with van der Waals surface area (Å²) in [5, 5.41) is 2.60. The summed E-state index contributed by atoms with van der Waals surface area (Å²) < 4.78 is 42.9. The average Bonchev–Trinajstić information content (AvgIpc) is 2.83. The summed E-state index contributed by atoms with van der Waals surface area (Å²) in [6, 6.07) is 2.37. The van der Waals surface area contributed by atoms with Gasteiger partial charge < -0.3 is 10.1 Å². The molecule has 0 spiro atoms. The Balaban J connectivity index is 1.99. The Hall–Kier alpha value is -1.63. The molecule has 0 radical (unpaired) electrons. The molecule has 1 aromatic rings. The number of alkyl halides is 3. The van der Waals surface area contributed by atoms with E-state index in [-0.39, 0.29) is 12.5 Å². The summed E-state index contributed by atoms with van der Waals surface area (Å²) in [6.45, 7) is 2.23. The zero-order chi connectivity index (χ0) is 14.8. The van der Waals surface area contributed by atoms with Gasteiger partial charge in [0, 0.05) is 19.3 Å². The minimum Gasteiger partial charge on any atom is -0.365 e. The van der Waals surface area contributed by atoms with E-state index in [0.717, 1.165) is 18.7 Å². The Morgan fingerprint density at radius 3 is 2.90 bits per heavy atom. The Morgan fingerprint density at radius 1 is 1.55 bits per heavy atom. The number of amides is 1. The predicted octanol–water partition coefficient (Wildman–Crippen LogP) is 2.29. The van der Waals surface area contributed by atoms with Crippen molar-refractivity contribution in [3.05, 3.63) is 29.6 Å². The topological polar surface area (TPSA) is 51.2 Å². The smallest absolute Gasteiger partial charge is 0.365 e. The standard InChI is InChI=1S/C13H15F3N2O2/c1-12(4-2-6-20-12)11(19)18-8-9-3-5-17-10(7-9)13(14,15)16/h3,5,7H,2,4,6,8H2,1H3,(H,18,19). The molecule has 2 rings (SSSR count). The van der Waals surface area contributed by atoms with Gasteiger partial charge in [0.15, 0.2) is 0 Å². The van der Waals surface area contributed by atoms with Crippen molar-refractivity contribution in [2.24, 2.45) is 0 Å². The zero-order valence-corrected chi connectivity index (χ0v) is 11.0. The first-order valence-corrected chi connectivity index (χ1v) is 6.26. The van der Waals surface area contributed by atoms with Crippen LogP contribution in [0.2, 0.25) is 0 Å². The summed E-state index contributed by atoms with van der Waals surface area (Å²) >= 11 is 0. The van der Waals surface area contributed by atoms with Crippen LogP contribution in [0.3, 0.4) is 0 Å². The van der Waals surface area contributed by atoms with E-state index in [1.165, 1.54) is 6.07 Å². The first-order valence-electron chi connectivity index (χ1n) is 6.26. The quantitative estimate of drug-likeness (QED) is 0.928. The normalized spacial score (nSPS) is 22.8. The van der Waals surface area contributed by atoms with Crippen LogP contribution in [-0.2, 0) is 22.3 Å². The maximum Gasteiger partial charge on any atom is 0.433 e. The third-order valence-corrected chi connectivity index (χ3v) is 3.27. The van der Waals surface area contributed by atoms with Gasteiger partial charge in [0.1, 0.15) is 11.3 Å². The van der Waals surface area contributed by atoms with E-state index in [1.807, 2.05) is 0 Å². The summed E-state index contributed by atoms with van der Waals surface area (Å²) in [6.07, 6.45) is -1.99. The number of aromatic nitrogens is 1. The molecule has 110 valence electrons. The van der Waals surface area contributed by atoms with E-state index in [4.69, 9.17) is 4.74 Å². The highest BCUT2D eigenvalue weighted by Gasteiger charge is 2.37. The Bertz CT molecular complexity index is 497. The van der Waals surface area contributed by atoms with Crippen LogP contribution < -0.4 is 5.32 Å². The molecule has 0 aromatic carbocycles. The third-order valence-electron chi connectivity index (χ3n) is 3.27. The SMILES string of the molecule is CC1(C(=O)NCc2ccnc(C(F)(F)F)c2)CCCO1. The van der Waals surface area contributed by atoms with Crippen molar-refractivity contribution in [1.82, 2.24) is 10.3 Å². The molecule has 0 saturated carbocycles. The van der Waals surface area contributed by atoms with Crippen molar-refractivity contribution in [3.8, 4) is 0 Å². The lowest BCUT2D eigenvalue weighted by Gasteiger charge is -2.22. The molecule has 20 heavy (non-hydrogen) atoms. The summed E-state index contributed by atoms with van der Waals surface area (Å²) in [7, 11) is 0. The molecule has 1 aromatic heterocycles. The van der Waals surface area contributed by atoms with Crippen molar-refractivity contribution < 1.29 is 22.7 Å². The lowest BCUT2D eigenvalue weighted by atomic mass is 10.0. The van der Waals surface area contributed by atoms with Gasteiger partial charge in [-0.2, -0.15) is 13.2 Å². The number of carbonyl (C=O) groups excluding carboxylic acids is 1. The fourth-order valence-corrected chi connectivity index (χ4v) is 2.07. The molecule has 1 atom stereocenters. The fraction of sp³-hybridized carbons (Fsp3) is 0.538. The number of hydrogen-bond donors (Lipinski definition) is 1. The lowest BCUT2D eigenvalue weighted by Crippen LogP contribution is -2.43. The van der Waals surface area contributed by atoms with Crippen LogP contribution in [0.5, 0.6) is 0 Å². The number of pyridine rings is 1. The van der Waals surface area contributed by atoms with Crippen LogP contribution >= 0.6 is 0 Å².